The lowest BCUT2D eigenvalue weighted by atomic mass is 10.1. The van der Waals surface area contributed by atoms with Gasteiger partial charge in [-0.15, -0.1) is 0 Å². The van der Waals surface area contributed by atoms with E-state index in [0.717, 1.165) is 28.0 Å². The molecular weight excluding hydrogens is 378 g/mol. The number of rotatable bonds is 5. The van der Waals surface area contributed by atoms with Crippen molar-refractivity contribution >= 4 is 22.6 Å². The molecule has 2 aromatic heterocycles. The van der Waals surface area contributed by atoms with Crippen molar-refractivity contribution < 1.29 is 9.15 Å². The summed E-state index contributed by atoms with van der Waals surface area (Å²) in [6.45, 7) is 3.77. The van der Waals surface area contributed by atoms with E-state index in [-0.39, 0.29) is 0 Å². The number of nitriles is 2. The smallest absolute Gasteiger partial charge is 0.230 e. The molecule has 30 heavy (non-hydrogen) atoms. The third-order valence-corrected chi connectivity index (χ3v) is 4.73. The summed E-state index contributed by atoms with van der Waals surface area (Å²) in [5.41, 5.74) is 3.79. The summed E-state index contributed by atoms with van der Waals surface area (Å²) in [7, 11) is 0. The molecule has 0 unspecified atom stereocenters. The summed E-state index contributed by atoms with van der Waals surface area (Å²) in [5, 5.41) is 22.0. The minimum atomic E-state index is 0.300. The van der Waals surface area contributed by atoms with Gasteiger partial charge in [0, 0.05) is 34.5 Å². The molecule has 0 spiro atoms. The van der Waals surface area contributed by atoms with E-state index in [4.69, 9.17) is 19.7 Å². The summed E-state index contributed by atoms with van der Waals surface area (Å²) in [4.78, 5) is 8.61. The molecule has 2 heterocycles. The Morgan fingerprint density at radius 3 is 2.60 bits per heavy atom. The molecule has 0 fully saturated rings. The Balaban J connectivity index is 1.59. The van der Waals surface area contributed by atoms with E-state index < -0.39 is 0 Å². The number of nitrogens with zero attached hydrogens (tertiary/aromatic N) is 4. The summed E-state index contributed by atoms with van der Waals surface area (Å²) in [5.74, 6) is 2.11. The minimum Gasteiger partial charge on any atom is -0.461 e. The zero-order chi connectivity index (χ0) is 21.1. The minimum absolute atomic E-state index is 0.300. The Bertz CT molecular complexity index is 1310. The fraction of sp³-hybridized carbons (Fsp3) is 0.130. The molecule has 146 valence electrons. The molecule has 0 aliphatic rings. The van der Waals surface area contributed by atoms with E-state index in [1.54, 1.807) is 36.5 Å². The number of nitrogens with one attached hydrogen (secondary N) is 1. The lowest BCUT2D eigenvalue weighted by Gasteiger charge is -2.10. The van der Waals surface area contributed by atoms with Crippen molar-refractivity contribution in [3.05, 3.63) is 71.1 Å². The molecule has 0 atom stereocenters. The van der Waals surface area contributed by atoms with E-state index in [0.29, 0.717) is 35.1 Å². The third kappa shape index (κ3) is 3.65. The Morgan fingerprint density at radius 1 is 1.07 bits per heavy atom. The molecule has 7 nitrogen and oxygen atoms in total. The number of ether oxygens (including phenoxy) is 1. The molecule has 0 aliphatic carbocycles. The van der Waals surface area contributed by atoms with E-state index >= 15 is 0 Å². The highest BCUT2D eigenvalue weighted by Gasteiger charge is 2.16. The number of hydrogen-bond acceptors (Lipinski definition) is 7. The van der Waals surface area contributed by atoms with Gasteiger partial charge in [0.2, 0.25) is 11.8 Å². The molecule has 0 amide bonds. The summed E-state index contributed by atoms with van der Waals surface area (Å²) >= 11 is 0. The summed E-state index contributed by atoms with van der Waals surface area (Å²) < 4.78 is 11.9. The standard InChI is InChI=1S/C23H17N5O2/c1-14-20(8-7-19-18(9-11-24)15(2)29-22(14)19)30-21-10-12-26-23(28-21)27-17-5-3-16(13-25)4-6-17/h3-8,10,12H,9H2,1-2H3,(H,26,27,28). The molecule has 0 saturated carbocycles. The van der Waals surface area contributed by atoms with Crippen LogP contribution in [-0.4, -0.2) is 9.97 Å². The van der Waals surface area contributed by atoms with Crippen molar-refractivity contribution in [1.82, 2.24) is 9.97 Å². The summed E-state index contributed by atoms with van der Waals surface area (Å²) in [6, 6.07) is 16.7. The van der Waals surface area contributed by atoms with E-state index in [2.05, 4.69) is 27.4 Å². The molecule has 0 aliphatic heterocycles. The maximum atomic E-state index is 9.05. The van der Waals surface area contributed by atoms with Gasteiger partial charge < -0.3 is 14.5 Å². The normalized spacial score (nSPS) is 10.4. The number of aromatic nitrogens is 2. The molecule has 2 aromatic carbocycles. The van der Waals surface area contributed by atoms with E-state index in [9.17, 15) is 0 Å². The fourth-order valence-electron chi connectivity index (χ4n) is 3.19. The second kappa shape index (κ2) is 7.94. The number of anilines is 2. The van der Waals surface area contributed by atoms with Crippen molar-refractivity contribution in [3.8, 4) is 23.8 Å². The topological polar surface area (TPSA) is 108 Å². The van der Waals surface area contributed by atoms with Crippen LogP contribution in [0.5, 0.6) is 11.6 Å². The van der Waals surface area contributed by atoms with Crippen molar-refractivity contribution in [2.24, 2.45) is 0 Å². The average molecular weight is 395 g/mol. The first-order valence-electron chi connectivity index (χ1n) is 9.25. The highest BCUT2D eigenvalue weighted by atomic mass is 16.5. The number of fused-ring (bicyclic) bond motifs is 1. The van der Waals surface area contributed by atoms with Gasteiger partial charge in [-0.05, 0) is 50.2 Å². The molecule has 7 heteroatoms. The Kier molecular flexibility index (Phi) is 5.02. The lowest BCUT2D eigenvalue weighted by Crippen LogP contribution is -1.98. The third-order valence-electron chi connectivity index (χ3n) is 4.73. The fourth-order valence-corrected chi connectivity index (χ4v) is 3.19. The average Bonchev–Trinajstić information content (AvgIpc) is 3.07. The monoisotopic (exact) mass is 395 g/mol. The molecule has 4 aromatic rings. The predicted molar refractivity (Wildman–Crippen MR) is 112 cm³/mol. The van der Waals surface area contributed by atoms with Crippen molar-refractivity contribution in [1.29, 1.82) is 10.5 Å². The summed E-state index contributed by atoms with van der Waals surface area (Å²) in [6.07, 6.45) is 1.90. The molecule has 0 radical (unpaired) electrons. The Morgan fingerprint density at radius 2 is 1.87 bits per heavy atom. The second-order valence-corrected chi connectivity index (χ2v) is 6.67. The quantitative estimate of drug-likeness (QED) is 0.487. The maximum absolute atomic E-state index is 9.05. The van der Waals surface area contributed by atoms with Gasteiger partial charge in [-0.3, -0.25) is 0 Å². The van der Waals surface area contributed by atoms with Gasteiger partial charge >= 0.3 is 0 Å². The highest BCUT2D eigenvalue weighted by Crippen LogP contribution is 2.35. The van der Waals surface area contributed by atoms with Crippen molar-refractivity contribution in [2.45, 2.75) is 20.3 Å². The first-order valence-corrected chi connectivity index (χ1v) is 9.25. The lowest BCUT2D eigenvalue weighted by molar-refractivity contribution is 0.458. The largest absolute Gasteiger partial charge is 0.461 e. The van der Waals surface area contributed by atoms with Crippen LogP contribution in [-0.2, 0) is 6.42 Å². The van der Waals surface area contributed by atoms with Crippen LogP contribution < -0.4 is 10.1 Å². The van der Waals surface area contributed by atoms with Gasteiger partial charge in [0.1, 0.15) is 17.1 Å². The molecule has 0 bridgehead atoms. The number of aryl methyl sites for hydroxylation is 2. The van der Waals surface area contributed by atoms with Crippen LogP contribution in [0.15, 0.2) is 53.1 Å². The van der Waals surface area contributed by atoms with Gasteiger partial charge in [-0.25, -0.2) is 4.98 Å². The molecular formula is C23H17N5O2. The van der Waals surface area contributed by atoms with Gasteiger partial charge in [-0.1, -0.05) is 0 Å². The number of furan rings is 1. The Hall–Kier alpha value is -4.36. The SMILES string of the molecule is Cc1oc2c(C)c(Oc3ccnc(Nc4ccc(C#N)cc4)n3)ccc2c1CC#N. The first-order chi connectivity index (χ1) is 14.6. The van der Waals surface area contributed by atoms with Crippen molar-refractivity contribution in [2.75, 3.05) is 5.32 Å². The second-order valence-electron chi connectivity index (χ2n) is 6.67. The number of hydrogen-bond donors (Lipinski definition) is 1. The predicted octanol–water partition coefficient (Wildman–Crippen LogP) is 5.31. The van der Waals surface area contributed by atoms with Gasteiger partial charge in [0.15, 0.2) is 0 Å². The van der Waals surface area contributed by atoms with E-state index in [1.807, 2.05) is 26.0 Å². The van der Waals surface area contributed by atoms with Crippen LogP contribution in [0, 0.1) is 36.5 Å². The maximum Gasteiger partial charge on any atom is 0.230 e. The first kappa shape index (κ1) is 19.0. The zero-order valence-electron chi connectivity index (χ0n) is 16.4. The van der Waals surface area contributed by atoms with Gasteiger partial charge in [0.25, 0.3) is 0 Å². The van der Waals surface area contributed by atoms with Crippen LogP contribution in [0.2, 0.25) is 0 Å². The van der Waals surface area contributed by atoms with Crippen LogP contribution in [0.4, 0.5) is 11.6 Å². The van der Waals surface area contributed by atoms with Crippen molar-refractivity contribution in [3.63, 3.8) is 0 Å². The highest BCUT2D eigenvalue weighted by molar-refractivity contribution is 5.87. The molecule has 4 rings (SSSR count). The van der Waals surface area contributed by atoms with Crippen LogP contribution in [0.25, 0.3) is 11.0 Å². The van der Waals surface area contributed by atoms with Crippen LogP contribution in [0.1, 0.15) is 22.5 Å². The molecule has 0 saturated heterocycles. The zero-order valence-corrected chi connectivity index (χ0v) is 16.4. The van der Waals surface area contributed by atoms with E-state index in [1.165, 1.54) is 0 Å². The van der Waals surface area contributed by atoms with Crippen LogP contribution in [0.3, 0.4) is 0 Å². The van der Waals surface area contributed by atoms with Gasteiger partial charge in [0.05, 0.1) is 24.1 Å². The van der Waals surface area contributed by atoms with Crippen LogP contribution >= 0.6 is 0 Å². The van der Waals surface area contributed by atoms with Gasteiger partial charge in [-0.2, -0.15) is 15.5 Å². The molecule has 1 N–H and O–H groups in total. The Labute approximate surface area is 173 Å². The number of benzene rings is 2.